The smallest absolute Gasteiger partial charge is 0.328 e. The van der Waals surface area contributed by atoms with E-state index in [9.17, 15) is 24.4 Å². The Balaban J connectivity index is 1.26. The van der Waals surface area contributed by atoms with Gasteiger partial charge in [-0.3, -0.25) is 23.9 Å². The maximum Gasteiger partial charge on any atom is 0.328 e. The molecule has 0 bridgehead atoms. The molecule has 2 aliphatic rings. The first-order chi connectivity index (χ1) is 16.5. The van der Waals surface area contributed by atoms with E-state index in [1.165, 1.54) is 17.0 Å². The van der Waals surface area contributed by atoms with Crippen molar-refractivity contribution in [2.24, 2.45) is 0 Å². The highest BCUT2D eigenvalue weighted by molar-refractivity contribution is 5.84. The number of anilines is 1. The molecule has 1 saturated heterocycles. The first-order valence-electron chi connectivity index (χ1n) is 11.3. The topological polar surface area (TPSA) is 157 Å². The van der Waals surface area contributed by atoms with Gasteiger partial charge in [0.2, 0.25) is 11.8 Å². The molecule has 2 aromatic heterocycles. The van der Waals surface area contributed by atoms with Crippen LogP contribution in [0.5, 0.6) is 0 Å². The SMILES string of the molecule is N#Cc1nccnc1N1CCN(C(=O)CNC(=O)CCn2c3c(c(=O)[nH]c2=O)CCCC3)CC1. The average molecular weight is 467 g/mol. The molecule has 4 rings (SSSR count). The number of fused-ring (bicyclic) bond motifs is 1. The summed E-state index contributed by atoms with van der Waals surface area (Å²) >= 11 is 0. The molecule has 34 heavy (non-hydrogen) atoms. The number of hydrogen-bond acceptors (Lipinski definition) is 8. The lowest BCUT2D eigenvalue weighted by Crippen LogP contribution is -2.51. The van der Waals surface area contributed by atoms with Gasteiger partial charge in [0, 0.05) is 62.8 Å². The quantitative estimate of drug-likeness (QED) is 0.545. The number of aromatic amines is 1. The summed E-state index contributed by atoms with van der Waals surface area (Å²) in [5, 5.41) is 11.8. The molecule has 0 unspecified atom stereocenters. The lowest BCUT2D eigenvalue weighted by atomic mass is 9.97. The predicted molar refractivity (Wildman–Crippen MR) is 121 cm³/mol. The third-order valence-corrected chi connectivity index (χ3v) is 6.22. The monoisotopic (exact) mass is 466 g/mol. The van der Waals surface area contributed by atoms with Gasteiger partial charge in [0.1, 0.15) is 6.07 Å². The number of carbonyl (C=O) groups is 2. The fourth-order valence-electron chi connectivity index (χ4n) is 4.43. The standard InChI is InChI=1S/C22H26N8O4/c23-13-16-20(25-7-6-24-16)29-11-9-28(10-12-29)19(32)14-26-18(31)5-8-30-17-4-2-1-3-15(17)21(33)27-22(30)34/h6-7H,1-5,8-12,14H2,(H,26,31)(H,27,33,34). The molecule has 12 heteroatoms. The summed E-state index contributed by atoms with van der Waals surface area (Å²) in [6.07, 6.45) is 6.11. The number of nitrogens with one attached hydrogen (secondary N) is 2. The molecular weight excluding hydrogens is 440 g/mol. The number of rotatable bonds is 6. The van der Waals surface area contributed by atoms with E-state index < -0.39 is 5.69 Å². The highest BCUT2D eigenvalue weighted by atomic mass is 16.2. The number of aromatic nitrogens is 4. The van der Waals surface area contributed by atoms with E-state index in [-0.39, 0.29) is 42.6 Å². The second kappa shape index (κ2) is 10.3. The lowest BCUT2D eigenvalue weighted by Gasteiger charge is -2.35. The van der Waals surface area contributed by atoms with Crippen LogP contribution in [0.15, 0.2) is 22.0 Å². The normalized spacial score (nSPS) is 15.4. The molecule has 2 amide bonds. The Labute approximate surface area is 195 Å². The van der Waals surface area contributed by atoms with Gasteiger partial charge >= 0.3 is 5.69 Å². The second-order valence-corrected chi connectivity index (χ2v) is 8.28. The van der Waals surface area contributed by atoms with E-state index in [1.807, 2.05) is 11.0 Å². The van der Waals surface area contributed by atoms with Crippen molar-refractivity contribution in [3.05, 3.63) is 50.2 Å². The Morgan fingerprint density at radius 3 is 2.59 bits per heavy atom. The number of piperazine rings is 1. The Morgan fingerprint density at radius 1 is 1.09 bits per heavy atom. The first-order valence-corrected chi connectivity index (χ1v) is 11.3. The number of amides is 2. The summed E-state index contributed by atoms with van der Waals surface area (Å²) in [5.74, 6) is -0.0378. The van der Waals surface area contributed by atoms with Gasteiger partial charge in [-0.2, -0.15) is 5.26 Å². The zero-order valence-corrected chi connectivity index (χ0v) is 18.7. The summed E-state index contributed by atoms with van der Waals surface area (Å²) in [4.78, 5) is 63.3. The van der Waals surface area contributed by atoms with E-state index in [0.29, 0.717) is 56.1 Å². The minimum absolute atomic E-state index is 0.0308. The van der Waals surface area contributed by atoms with Crippen LogP contribution < -0.4 is 21.5 Å². The van der Waals surface area contributed by atoms with Gasteiger partial charge in [0.05, 0.1) is 6.54 Å². The van der Waals surface area contributed by atoms with Crippen molar-refractivity contribution in [3.63, 3.8) is 0 Å². The van der Waals surface area contributed by atoms with E-state index >= 15 is 0 Å². The van der Waals surface area contributed by atoms with Crippen molar-refractivity contribution < 1.29 is 9.59 Å². The third-order valence-electron chi connectivity index (χ3n) is 6.22. The van der Waals surface area contributed by atoms with Gasteiger partial charge in [-0.15, -0.1) is 0 Å². The molecule has 0 saturated carbocycles. The van der Waals surface area contributed by atoms with E-state index in [0.717, 1.165) is 12.8 Å². The molecule has 1 aliphatic heterocycles. The zero-order valence-electron chi connectivity index (χ0n) is 18.7. The molecule has 0 spiro atoms. The fraction of sp³-hybridized carbons (Fsp3) is 0.500. The summed E-state index contributed by atoms with van der Waals surface area (Å²) in [7, 11) is 0. The minimum Gasteiger partial charge on any atom is -0.351 e. The van der Waals surface area contributed by atoms with E-state index in [1.54, 1.807) is 4.90 Å². The van der Waals surface area contributed by atoms with Crippen molar-refractivity contribution in [1.29, 1.82) is 5.26 Å². The third kappa shape index (κ3) is 4.98. The van der Waals surface area contributed by atoms with Crippen LogP contribution in [-0.2, 0) is 29.0 Å². The van der Waals surface area contributed by atoms with Gasteiger partial charge < -0.3 is 15.1 Å². The van der Waals surface area contributed by atoms with Crippen molar-refractivity contribution in [2.75, 3.05) is 37.6 Å². The van der Waals surface area contributed by atoms with Crippen LogP contribution in [0.2, 0.25) is 0 Å². The van der Waals surface area contributed by atoms with Crippen molar-refractivity contribution in [1.82, 2.24) is 29.7 Å². The molecular formula is C22H26N8O4. The Hall–Kier alpha value is -4.01. The van der Waals surface area contributed by atoms with Gasteiger partial charge in [-0.25, -0.2) is 14.8 Å². The van der Waals surface area contributed by atoms with Crippen LogP contribution in [0, 0.1) is 11.3 Å². The highest BCUT2D eigenvalue weighted by Crippen LogP contribution is 2.17. The zero-order chi connectivity index (χ0) is 24.1. The molecule has 2 aromatic rings. The second-order valence-electron chi connectivity index (χ2n) is 8.28. The number of nitriles is 1. The number of nitrogens with zero attached hydrogens (tertiary/aromatic N) is 6. The summed E-state index contributed by atoms with van der Waals surface area (Å²) in [6, 6.07) is 2.02. The molecule has 178 valence electrons. The van der Waals surface area contributed by atoms with Crippen molar-refractivity contribution in [2.45, 2.75) is 38.6 Å². The van der Waals surface area contributed by atoms with Gasteiger partial charge in [-0.05, 0) is 25.7 Å². The number of H-pyrrole nitrogens is 1. The van der Waals surface area contributed by atoms with E-state index in [4.69, 9.17) is 0 Å². The molecule has 0 atom stereocenters. The van der Waals surface area contributed by atoms with Crippen LogP contribution in [0.25, 0.3) is 0 Å². The maximum atomic E-state index is 12.5. The molecule has 2 N–H and O–H groups in total. The Kier molecular flexibility index (Phi) is 7.01. The maximum absolute atomic E-state index is 12.5. The van der Waals surface area contributed by atoms with Crippen LogP contribution in [0.3, 0.4) is 0 Å². The fourth-order valence-corrected chi connectivity index (χ4v) is 4.43. The summed E-state index contributed by atoms with van der Waals surface area (Å²) in [5.41, 5.74) is 0.745. The van der Waals surface area contributed by atoms with E-state index in [2.05, 4.69) is 20.3 Å². The van der Waals surface area contributed by atoms with Crippen LogP contribution in [0.1, 0.15) is 36.2 Å². The molecule has 1 aliphatic carbocycles. The van der Waals surface area contributed by atoms with Gasteiger partial charge in [-0.1, -0.05) is 0 Å². The van der Waals surface area contributed by atoms with Crippen LogP contribution >= 0.6 is 0 Å². The average Bonchev–Trinajstić information content (AvgIpc) is 2.87. The van der Waals surface area contributed by atoms with Gasteiger partial charge in [0.15, 0.2) is 11.5 Å². The predicted octanol–water partition coefficient (Wildman–Crippen LogP) is -1.07. The molecule has 1 fully saturated rings. The van der Waals surface area contributed by atoms with Crippen LogP contribution in [0.4, 0.5) is 5.82 Å². The summed E-state index contributed by atoms with van der Waals surface area (Å²) in [6.45, 7) is 1.91. The summed E-state index contributed by atoms with van der Waals surface area (Å²) < 4.78 is 1.47. The number of hydrogen-bond donors (Lipinski definition) is 2. The molecule has 0 aromatic carbocycles. The Bertz CT molecular complexity index is 1240. The minimum atomic E-state index is -0.505. The highest BCUT2D eigenvalue weighted by Gasteiger charge is 2.24. The van der Waals surface area contributed by atoms with Crippen molar-refractivity contribution >= 4 is 17.6 Å². The van der Waals surface area contributed by atoms with Crippen molar-refractivity contribution in [3.8, 4) is 6.07 Å². The molecule has 12 nitrogen and oxygen atoms in total. The first kappa shape index (κ1) is 23.2. The molecule has 3 heterocycles. The van der Waals surface area contributed by atoms with Gasteiger partial charge in [0.25, 0.3) is 5.56 Å². The molecule has 0 radical (unpaired) electrons. The Morgan fingerprint density at radius 2 is 1.82 bits per heavy atom. The largest absolute Gasteiger partial charge is 0.351 e. The number of carbonyl (C=O) groups excluding carboxylic acids is 2. The lowest BCUT2D eigenvalue weighted by molar-refractivity contribution is -0.133. The van der Waals surface area contributed by atoms with Crippen LogP contribution in [-0.4, -0.2) is 69.0 Å².